The Kier molecular flexibility index (Phi) is 6.02. The Hall–Kier alpha value is -3.95. The first kappa shape index (κ1) is 21.3. The Morgan fingerprint density at radius 3 is 2.78 bits per heavy atom. The number of esters is 1. The monoisotopic (exact) mass is 440 g/mol. The standard InChI is InChI=1S/C22H24N4O6/c1-3-30-21(28)18-13(24-22(29)25-19(18)16-9-6-10-31-16)11-26-12-17(20(27)23-2)32-15-8-5-4-7-14(15)26/h4-10,17,19H,3,11-12H2,1-2H3,(H,23,27)(H2,24,25,29)/t17-,19-/m0/s1. The quantitative estimate of drug-likeness (QED) is 0.582. The van der Waals surface area contributed by atoms with Crippen LogP contribution in [0.4, 0.5) is 10.5 Å². The minimum Gasteiger partial charge on any atom is -0.477 e. The van der Waals surface area contributed by atoms with Gasteiger partial charge in [-0.2, -0.15) is 0 Å². The van der Waals surface area contributed by atoms with Gasteiger partial charge in [-0.3, -0.25) is 4.79 Å². The van der Waals surface area contributed by atoms with Crippen LogP contribution in [-0.4, -0.2) is 50.8 Å². The molecule has 32 heavy (non-hydrogen) atoms. The van der Waals surface area contributed by atoms with E-state index in [1.165, 1.54) is 6.26 Å². The van der Waals surface area contributed by atoms with Gasteiger partial charge in [-0.25, -0.2) is 9.59 Å². The van der Waals surface area contributed by atoms with Gasteiger partial charge in [-0.15, -0.1) is 0 Å². The summed E-state index contributed by atoms with van der Waals surface area (Å²) < 4.78 is 16.6. The van der Waals surface area contributed by atoms with Crippen molar-refractivity contribution in [3.05, 3.63) is 59.7 Å². The minimum absolute atomic E-state index is 0.145. The minimum atomic E-state index is -0.807. The number of fused-ring (bicyclic) bond motifs is 1. The van der Waals surface area contributed by atoms with Gasteiger partial charge in [0.1, 0.15) is 17.6 Å². The summed E-state index contributed by atoms with van der Waals surface area (Å²) >= 11 is 0. The summed E-state index contributed by atoms with van der Waals surface area (Å²) in [5.41, 5.74) is 1.34. The number of rotatable bonds is 6. The van der Waals surface area contributed by atoms with Crippen LogP contribution in [0.2, 0.25) is 0 Å². The molecule has 0 saturated carbocycles. The molecule has 3 heterocycles. The van der Waals surface area contributed by atoms with E-state index in [0.29, 0.717) is 17.2 Å². The summed E-state index contributed by atoms with van der Waals surface area (Å²) in [6, 6.07) is 9.36. The summed E-state index contributed by atoms with van der Waals surface area (Å²) in [6.45, 7) is 2.26. The largest absolute Gasteiger partial charge is 0.477 e. The summed E-state index contributed by atoms with van der Waals surface area (Å²) in [5.74, 6) is 0.104. The van der Waals surface area contributed by atoms with Gasteiger partial charge in [0, 0.05) is 7.05 Å². The normalized spacial score (nSPS) is 19.9. The molecule has 3 amide bonds. The van der Waals surface area contributed by atoms with E-state index in [4.69, 9.17) is 13.9 Å². The molecule has 0 bridgehead atoms. The van der Waals surface area contributed by atoms with Crippen LogP contribution >= 0.6 is 0 Å². The van der Waals surface area contributed by atoms with Gasteiger partial charge in [-0.1, -0.05) is 12.1 Å². The first-order chi connectivity index (χ1) is 15.5. The third-order valence-corrected chi connectivity index (χ3v) is 5.23. The molecule has 1 aromatic carbocycles. The zero-order chi connectivity index (χ0) is 22.7. The molecule has 2 atom stereocenters. The van der Waals surface area contributed by atoms with Gasteiger partial charge in [0.05, 0.1) is 42.9 Å². The number of nitrogens with one attached hydrogen (secondary N) is 3. The number of para-hydroxylation sites is 2. The molecule has 10 heteroatoms. The number of nitrogens with zero attached hydrogens (tertiary/aromatic N) is 1. The number of anilines is 1. The molecule has 168 valence electrons. The summed E-state index contributed by atoms with van der Waals surface area (Å²) in [4.78, 5) is 39.5. The second kappa shape index (κ2) is 9.04. The number of benzene rings is 1. The lowest BCUT2D eigenvalue weighted by molar-refractivity contribution is -0.139. The maximum Gasteiger partial charge on any atom is 0.338 e. The van der Waals surface area contributed by atoms with Crippen LogP contribution in [0, 0.1) is 0 Å². The Morgan fingerprint density at radius 1 is 1.25 bits per heavy atom. The van der Waals surface area contributed by atoms with E-state index in [0.717, 1.165) is 5.69 Å². The number of likely N-dealkylation sites (N-methyl/N-ethyl adjacent to an activating group) is 1. The van der Waals surface area contributed by atoms with Crippen molar-refractivity contribution >= 4 is 23.6 Å². The number of ether oxygens (including phenoxy) is 2. The fraction of sp³-hybridized carbons (Fsp3) is 0.318. The molecule has 0 radical (unpaired) electrons. The molecular formula is C22H24N4O6. The molecule has 2 aliphatic rings. The molecule has 2 aromatic rings. The van der Waals surface area contributed by atoms with Crippen molar-refractivity contribution in [2.24, 2.45) is 0 Å². The maximum absolute atomic E-state index is 12.9. The first-order valence-electron chi connectivity index (χ1n) is 10.2. The smallest absolute Gasteiger partial charge is 0.338 e. The van der Waals surface area contributed by atoms with Crippen LogP contribution in [0.5, 0.6) is 5.75 Å². The van der Waals surface area contributed by atoms with Crippen LogP contribution in [0.25, 0.3) is 0 Å². The summed E-state index contributed by atoms with van der Waals surface area (Å²) in [7, 11) is 1.54. The van der Waals surface area contributed by atoms with E-state index >= 15 is 0 Å². The number of furan rings is 1. The number of amides is 3. The van der Waals surface area contributed by atoms with Crippen molar-refractivity contribution in [2.75, 3.05) is 31.6 Å². The molecule has 0 aliphatic carbocycles. The van der Waals surface area contributed by atoms with Crippen molar-refractivity contribution < 1.29 is 28.3 Å². The van der Waals surface area contributed by atoms with Gasteiger partial charge in [0.15, 0.2) is 6.10 Å². The molecular weight excluding hydrogens is 416 g/mol. The molecule has 1 aromatic heterocycles. The third kappa shape index (κ3) is 4.11. The predicted octanol–water partition coefficient (Wildman–Crippen LogP) is 1.46. The lowest BCUT2D eigenvalue weighted by Crippen LogP contribution is -2.52. The van der Waals surface area contributed by atoms with Crippen LogP contribution in [0.15, 0.2) is 58.3 Å². The highest BCUT2D eigenvalue weighted by Gasteiger charge is 2.37. The van der Waals surface area contributed by atoms with Gasteiger partial charge in [0.25, 0.3) is 5.91 Å². The molecule has 4 rings (SSSR count). The van der Waals surface area contributed by atoms with Crippen molar-refractivity contribution in [1.29, 1.82) is 0 Å². The average Bonchev–Trinajstić information content (AvgIpc) is 3.33. The van der Waals surface area contributed by atoms with Crippen LogP contribution in [-0.2, 0) is 14.3 Å². The SMILES string of the molecule is CCOC(=O)C1=C(CN2C[C@@H](C(=O)NC)Oc3ccccc32)NC(=O)N[C@H]1c1ccco1. The van der Waals surface area contributed by atoms with Gasteiger partial charge in [0.2, 0.25) is 0 Å². The van der Waals surface area contributed by atoms with Crippen LogP contribution in [0.1, 0.15) is 18.7 Å². The molecule has 0 spiro atoms. The first-order valence-corrected chi connectivity index (χ1v) is 10.2. The Morgan fingerprint density at radius 2 is 2.06 bits per heavy atom. The van der Waals surface area contributed by atoms with Gasteiger partial charge < -0.3 is 34.7 Å². The van der Waals surface area contributed by atoms with Crippen molar-refractivity contribution in [1.82, 2.24) is 16.0 Å². The van der Waals surface area contributed by atoms with E-state index in [1.54, 1.807) is 32.2 Å². The predicted molar refractivity (Wildman–Crippen MR) is 114 cm³/mol. The highest BCUT2D eigenvalue weighted by atomic mass is 16.5. The van der Waals surface area contributed by atoms with Gasteiger partial charge >= 0.3 is 12.0 Å². The molecule has 0 fully saturated rings. The molecule has 3 N–H and O–H groups in total. The highest BCUT2D eigenvalue weighted by Crippen LogP contribution is 2.35. The second-order valence-electron chi connectivity index (χ2n) is 7.23. The maximum atomic E-state index is 12.9. The molecule has 10 nitrogen and oxygen atoms in total. The number of hydrogen-bond donors (Lipinski definition) is 3. The Labute approximate surface area is 184 Å². The van der Waals surface area contributed by atoms with Crippen molar-refractivity contribution in [2.45, 2.75) is 19.1 Å². The second-order valence-corrected chi connectivity index (χ2v) is 7.23. The van der Waals surface area contributed by atoms with Crippen molar-refractivity contribution in [3.8, 4) is 5.75 Å². The van der Waals surface area contributed by atoms with E-state index in [9.17, 15) is 14.4 Å². The average molecular weight is 440 g/mol. The topological polar surface area (TPSA) is 122 Å². The van der Waals surface area contributed by atoms with E-state index < -0.39 is 24.1 Å². The van der Waals surface area contributed by atoms with E-state index in [-0.39, 0.29) is 31.2 Å². The van der Waals surface area contributed by atoms with E-state index in [1.807, 2.05) is 23.1 Å². The zero-order valence-corrected chi connectivity index (χ0v) is 17.7. The van der Waals surface area contributed by atoms with Crippen LogP contribution in [0.3, 0.4) is 0 Å². The fourth-order valence-electron chi connectivity index (χ4n) is 3.81. The lowest BCUT2D eigenvalue weighted by atomic mass is 9.99. The fourth-order valence-corrected chi connectivity index (χ4v) is 3.81. The molecule has 0 unspecified atom stereocenters. The summed E-state index contributed by atoms with van der Waals surface area (Å²) in [6.07, 6.45) is 0.720. The summed E-state index contributed by atoms with van der Waals surface area (Å²) in [5, 5.41) is 8.06. The zero-order valence-electron chi connectivity index (χ0n) is 17.7. The molecule has 2 aliphatic heterocycles. The number of urea groups is 1. The number of hydrogen-bond acceptors (Lipinski definition) is 7. The number of carbonyl (C=O) groups excluding carboxylic acids is 3. The van der Waals surface area contributed by atoms with E-state index in [2.05, 4.69) is 16.0 Å². The number of carbonyl (C=O) groups is 3. The highest BCUT2D eigenvalue weighted by molar-refractivity contribution is 5.95. The van der Waals surface area contributed by atoms with Crippen LogP contribution < -0.4 is 25.6 Å². The third-order valence-electron chi connectivity index (χ3n) is 5.23. The van der Waals surface area contributed by atoms with Crippen molar-refractivity contribution in [3.63, 3.8) is 0 Å². The Balaban J connectivity index is 1.75. The van der Waals surface area contributed by atoms with Gasteiger partial charge in [-0.05, 0) is 31.2 Å². The molecule has 0 saturated heterocycles. The Bertz CT molecular complexity index is 1050. The lowest BCUT2D eigenvalue weighted by Gasteiger charge is -2.37.